The molecule has 194 valence electrons. The third-order valence-corrected chi connectivity index (χ3v) is 7.67. The van der Waals surface area contributed by atoms with E-state index in [1.165, 1.54) is 39.2 Å². The summed E-state index contributed by atoms with van der Waals surface area (Å²) < 4.78 is 22.3. The standard InChI is InChI=1S/C28H28ClNO6S/c1-33-22-13-11-17-19(14-21(22)31)20(30-23(32)15-37-16-8-6-5-7-9-16)12-10-18-24(17)26(34-2)28(36-4)27(35-3)25(18)29/h5-9,11,13-14,20H,10,12,15H2,1-4H3,(H,30,32)/t20-/m0/s1. The lowest BCUT2D eigenvalue weighted by Crippen LogP contribution is -2.30. The number of methoxy groups -OCH3 is 4. The first kappa shape index (κ1) is 26.7. The van der Waals surface area contributed by atoms with Crippen LogP contribution in [0.2, 0.25) is 5.02 Å². The molecule has 1 atom stereocenters. The predicted octanol–water partition coefficient (Wildman–Crippen LogP) is 5.30. The van der Waals surface area contributed by atoms with Crippen LogP contribution < -0.4 is 29.7 Å². The SMILES string of the molecule is COc1c(Cl)c2c(c(OC)c1OC)-c1ccc(OC)c(=O)cc1[C@@H](NC(=O)CSc1ccccc1)CC2. The summed E-state index contributed by atoms with van der Waals surface area (Å²) in [6.45, 7) is 0. The van der Waals surface area contributed by atoms with Gasteiger partial charge in [0.05, 0.1) is 45.3 Å². The van der Waals surface area contributed by atoms with Crippen LogP contribution in [0.1, 0.15) is 23.6 Å². The van der Waals surface area contributed by atoms with Gasteiger partial charge in [0, 0.05) is 10.5 Å². The van der Waals surface area contributed by atoms with Gasteiger partial charge in [0.25, 0.3) is 0 Å². The highest BCUT2D eigenvalue weighted by Crippen LogP contribution is 2.54. The molecule has 0 aliphatic heterocycles. The van der Waals surface area contributed by atoms with E-state index in [9.17, 15) is 9.59 Å². The predicted molar refractivity (Wildman–Crippen MR) is 146 cm³/mol. The van der Waals surface area contributed by atoms with Crippen molar-refractivity contribution < 1.29 is 23.7 Å². The van der Waals surface area contributed by atoms with Crippen LogP contribution in [0.5, 0.6) is 23.0 Å². The first-order valence-electron chi connectivity index (χ1n) is 11.6. The Morgan fingerprint density at radius 3 is 2.32 bits per heavy atom. The molecular formula is C28H28ClNO6S. The number of nitrogens with one attached hydrogen (secondary N) is 1. The Balaban J connectivity index is 1.84. The Labute approximate surface area is 225 Å². The molecule has 0 fully saturated rings. The summed E-state index contributed by atoms with van der Waals surface area (Å²) in [6, 6.07) is 14.2. The highest BCUT2D eigenvalue weighted by molar-refractivity contribution is 8.00. The monoisotopic (exact) mass is 541 g/mol. The number of carbonyl (C=O) groups is 1. The van der Waals surface area contributed by atoms with E-state index in [1.807, 2.05) is 30.3 Å². The van der Waals surface area contributed by atoms with Crippen molar-refractivity contribution in [1.29, 1.82) is 0 Å². The number of carbonyl (C=O) groups excluding carboxylic acids is 1. The van der Waals surface area contributed by atoms with Crippen molar-refractivity contribution >= 4 is 29.3 Å². The topological polar surface area (TPSA) is 83.1 Å². The Morgan fingerprint density at radius 2 is 1.68 bits per heavy atom. The zero-order chi connectivity index (χ0) is 26.5. The first-order valence-corrected chi connectivity index (χ1v) is 13.0. The Bertz CT molecular complexity index is 1370. The highest BCUT2D eigenvalue weighted by atomic mass is 35.5. The van der Waals surface area contributed by atoms with Crippen LogP contribution in [0.25, 0.3) is 11.1 Å². The number of rotatable bonds is 8. The molecule has 9 heteroatoms. The van der Waals surface area contributed by atoms with Gasteiger partial charge in [-0.3, -0.25) is 9.59 Å². The summed E-state index contributed by atoms with van der Waals surface area (Å²) in [4.78, 5) is 27.0. The molecule has 0 heterocycles. The molecule has 0 bridgehead atoms. The number of benzene rings is 2. The average molecular weight is 542 g/mol. The second kappa shape index (κ2) is 11.8. The van der Waals surface area contributed by atoms with Crippen molar-refractivity contribution in [3.05, 3.63) is 74.9 Å². The molecule has 1 amide bonds. The largest absolute Gasteiger partial charge is 0.493 e. The van der Waals surface area contributed by atoms with Gasteiger partial charge in [0.1, 0.15) is 0 Å². The van der Waals surface area contributed by atoms with Crippen LogP contribution in [-0.4, -0.2) is 40.1 Å². The van der Waals surface area contributed by atoms with E-state index in [2.05, 4.69) is 5.32 Å². The van der Waals surface area contributed by atoms with Crippen LogP contribution in [0, 0.1) is 0 Å². The molecule has 3 aromatic carbocycles. The summed E-state index contributed by atoms with van der Waals surface area (Å²) >= 11 is 8.28. The van der Waals surface area contributed by atoms with Gasteiger partial charge in [0.2, 0.25) is 17.1 Å². The maximum atomic E-state index is 13.0. The van der Waals surface area contributed by atoms with E-state index in [-0.39, 0.29) is 22.8 Å². The molecule has 0 spiro atoms. The van der Waals surface area contributed by atoms with Gasteiger partial charge >= 0.3 is 0 Å². The van der Waals surface area contributed by atoms with Crippen LogP contribution in [0.15, 0.2) is 58.2 Å². The molecular weight excluding hydrogens is 514 g/mol. The molecule has 4 rings (SSSR count). The van der Waals surface area contributed by atoms with Gasteiger partial charge in [-0.2, -0.15) is 0 Å². The van der Waals surface area contributed by atoms with Gasteiger partial charge in [0.15, 0.2) is 17.2 Å². The molecule has 0 radical (unpaired) electrons. The maximum absolute atomic E-state index is 13.0. The van der Waals surface area contributed by atoms with Gasteiger partial charge < -0.3 is 24.3 Å². The van der Waals surface area contributed by atoms with E-state index in [0.29, 0.717) is 51.8 Å². The molecule has 0 saturated heterocycles. The van der Waals surface area contributed by atoms with Crippen molar-refractivity contribution in [2.24, 2.45) is 0 Å². The number of hydrogen-bond donors (Lipinski definition) is 1. The fourth-order valence-corrected chi connectivity index (χ4v) is 5.67. The summed E-state index contributed by atoms with van der Waals surface area (Å²) in [5.74, 6) is 1.43. The molecule has 37 heavy (non-hydrogen) atoms. The van der Waals surface area contributed by atoms with Gasteiger partial charge in [-0.1, -0.05) is 35.9 Å². The molecule has 0 unspecified atom stereocenters. The quantitative estimate of drug-likeness (QED) is 0.388. The number of fused-ring (bicyclic) bond motifs is 3. The molecule has 3 aromatic rings. The third kappa shape index (κ3) is 5.36. The molecule has 0 saturated carbocycles. The Hall–Kier alpha value is -3.36. The first-order chi connectivity index (χ1) is 17.9. The second-order valence-electron chi connectivity index (χ2n) is 8.31. The number of hydrogen-bond acceptors (Lipinski definition) is 7. The molecule has 1 aliphatic rings. The zero-order valence-corrected chi connectivity index (χ0v) is 22.6. The van der Waals surface area contributed by atoms with E-state index in [1.54, 1.807) is 19.2 Å². The third-order valence-electron chi connectivity index (χ3n) is 6.26. The minimum Gasteiger partial charge on any atom is -0.493 e. The Morgan fingerprint density at radius 1 is 0.973 bits per heavy atom. The highest BCUT2D eigenvalue weighted by Gasteiger charge is 2.32. The normalized spacial score (nSPS) is 14.0. The van der Waals surface area contributed by atoms with Gasteiger partial charge in [-0.15, -0.1) is 11.8 Å². The number of thioether (sulfide) groups is 1. The van der Waals surface area contributed by atoms with Crippen molar-refractivity contribution in [2.45, 2.75) is 23.8 Å². The molecule has 0 aromatic heterocycles. The van der Waals surface area contributed by atoms with E-state index >= 15 is 0 Å². The van der Waals surface area contributed by atoms with Crippen LogP contribution in [0.4, 0.5) is 0 Å². The van der Waals surface area contributed by atoms with Crippen molar-refractivity contribution in [3.8, 4) is 34.1 Å². The summed E-state index contributed by atoms with van der Waals surface area (Å²) in [7, 11) is 6.01. The summed E-state index contributed by atoms with van der Waals surface area (Å²) in [5, 5.41) is 3.52. The van der Waals surface area contributed by atoms with E-state index < -0.39 is 6.04 Å². The molecule has 1 aliphatic carbocycles. The van der Waals surface area contributed by atoms with Crippen molar-refractivity contribution in [2.75, 3.05) is 34.2 Å². The molecule has 7 nitrogen and oxygen atoms in total. The summed E-state index contributed by atoms with van der Waals surface area (Å²) in [6.07, 6.45) is 1.01. The summed E-state index contributed by atoms with van der Waals surface area (Å²) in [5.41, 5.74) is 2.51. The van der Waals surface area contributed by atoms with E-state index in [0.717, 1.165) is 10.5 Å². The minimum atomic E-state index is -0.450. The Kier molecular flexibility index (Phi) is 8.51. The molecule has 1 N–H and O–H groups in total. The lowest BCUT2D eigenvalue weighted by molar-refractivity contribution is -0.119. The zero-order valence-electron chi connectivity index (χ0n) is 21.1. The fourth-order valence-electron chi connectivity index (χ4n) is 4.59. The number of amides is 1. The number of ether oxygens (including phenoxy) is 4. The lowest BCUT2D eigenvalue weighted by atomic mass is 9.95. The second-order valence-corrected chi connectivity index (χ2v) is 9.73. The lowest BCUT2D eigenvalue weighted by Gasteiger charge is -2.21. The van der Waals surface area contributed by atoms with Gasteiger partial charge in [-0.25, -0.2) is 0 Å². The number of halogens is 1. The van der Waals surface area contributed by atoms with Crippen molar-refractivity contribution in [1.82, 2.24) is 5.32 Å². The maximum Gasteiger partial charge on any atom is 0.230 e. The van der Waals surface area contributed by atoms with E-state index in [4.69, 9.17) is 30.5 Å². The fraction of sp³-hybridized carbons (Fsp3) is 0.286. The smallest absolute Gasteiger partial charge is 0.230 e. The van der Waals surface area contributed by atoms with Crippen LogP contribution in [0.3, 0.4) is 0 Å². The minimum absolute atomic E-state index is 0.144. The van der Waals surface area contributed by atoms with Crippen LogP contribution >= 0.6 is 23.4 Å². The van der Waals surface area contributed by atoms with Crippen molar-refractivity contribution in [3.63, 3.8) is 0 Å². The average Bonchev–Trinajstić information content (AvgIpc) is 3.16. The van der Waals surface area contributed by atoms with Crippen LogP contribution in [-0.2, 0) is 11.2 Å². The van der Waals surface area contributed by atoms with Gasteiger partial charge in [-0.05, 0) is 53.8 Å².